The van der Waals surface area contributed by atoms with Crippen molar-refractivity contribution in [1.82, 2.24) is 4.98 Å². The van der Waals surface area contributed by atoms with Gasteiger partial charge in [0.15, 0.2) is 0 Å². The Bertz CT molecular complexity index is 420. The average molecular weight is 199 g/mol. The van der Waals surface area contributed by atoms with E-state index in [4.69, 9.17) is 0 Å². The smallest absolute Gasteiger partial charge is 0.0761 e. The van der Waals surface area contributed by atoms with Gasteiger partial charge in [0.1, 0.15) is 0 Å². The molecule has 1 aromatic heterocycles. The Balaban J connectivity index is 2.32. The number of nitrogens with zero attached hydrogens (tertiary/aromatic N) is 1. The van der Waals surface area contributed by atoms with Crippen LogP contribution in [0.2, 0.25) is 0 Å². The molecule has 2 nitrogen and oxygen atoms in total. The van der Waals surface area contributed by atoms with Gasteiger partial charge in [-0.2, -0.15) is 0 Å². The van der Waals surface area contributed by atoms with E-state index in [1.54, 1.807) is 13.1 Å². The first-order valence-corrected chi connectivity index (χ1v) is 4.96. The van der Waals surface area contributed by atoms with Crippen LogP contribution in [0.5, 0.6) is 0 Å². The molecule has 0 fully saturated rings. The number of aliphatic hydroxyl groups excluding tert-OH is 1. The zero-order valence-corrected chi connectivity index (χ0v) is 8.59. The lowest BCUT2D eigenvalue weighted by Gasteiger charge is -2.05. The second kappa shape index (κ2) is 4.24. The van der Waals surface area contributed by atoms with E-state index >= 15 is 0 Å². The van der Waals surface area contributed by atoms with E-state index in [9.17, 15) is 5.11 Å². The Hall–Kier alpha value is -1.67. The summed E-state index contributed by atoms with van der Waals surface area (Å²) in [5.74, 6) is 0. The van der Waals surface area contributed by atoms with E-state index < -0.39 is 6.10 Å². The Morgan fingerprint density at radius 2 is 1.80 bits per heavy atom. The number of benzene rings is 1. The van der Waals surface area contributed by atoms with Crippen molar-refractivity contribution >= 4 is 0 Å². The van der Waals surface area contributed by atoms with Crippen molar-refractivity contribution in [3.63, 3.8) is 0 Å². The molecule has 1 atom stereocenters. The summed E-state index contributed by atoms with van der Waals surface area (Å²) in [7, 11) is 0. The Morgan fingerprint density at radius 3 is 2.33 bits per heavy atom. The van der Waals surface area contributed by atoms with Gasteiger partial charge in [-0.25, -0.2) is 0 Å². The van der Waals surface area contributed by atoms with Crippen LogP contribution < -0.4 is 0 Å². The number of pyridine rings is 1. The lowest BCUT2D eigenvalue weighted by atomic mass is 10.0. The van der Waals surface area contributed by atoms with Gasteiger partial charge in [0.25, 0.3) is 0 Å². The molecule has 1 unspecified atom stereocenters. The molecule has 2 aromatic rings. The summed E-state index contributed by atoms with van der Waals surface area (Å²) >= 11 is 0. The molecular weight excluding hydrogens is 186 g/mol. The van der Waals surface area contributed by atoms with Crippen LogP contribution in [0.25, 0.3) is 11.1 Å². The van der Waals surface area contributed by atoms with E-state index in [0.717, 1.165) is 16.7 Å². The lowest BCUT2D eigenvalue weighted by Crippen LogP contribution is -1.90. The van der Waals surface area contributed by atoms with Crippen LogP contribution in [0.3, 0.4) is 0 Å². The predicted molar refractivity (Wildman–Crippen MR) is 60.3 cm³/mol. The third-order valence-electron chi connectivity index (χ3n) is 2.39. The van der Waals surface area contributed by atoms with Gasteiger partial charge in [-0.05, 0) is 29.7 Å². The largest absolute Gasteiger partial charge is 0.389 e. The van der Waals surface area contributed by atoms with Crippen molar-refractivity contribution < 1.29 is 5.11 Å². The van der Waals surface area contributed by atoms with Gasteiger partial charge in [-0.3, -0.25) is 4.98 Å². The van der Waals surface area contributed by atoms with Crippen LogP contribution in [0.15, 0.2) is 48.8 Å². The van der Waals surface area contributed by atoms with Crippen LogP contribution in [-0.2, 0) is 0 Å². The number of hydrogen-bond acceptors (Lipinski definition) is 2. The first-order valence-electron chi connectivity index (χ1n) is 4.96. The summed E-state index contributed by atoms with van der Waals surface area (Å²) < 4.78 is 0. The fraction of sp³-hybridized carbons (Fsp3) is 0.154. The Morgan fingerprint density at radius 1 is 1.07 bits per heavy atom. The van der Waals surface area contributed by atoms with Gasteiger partial charge in [0.05, 0.1) is 6.10 Å². The second-order valence-electron chi connectivity index (χ2n) is 3.54. The number of aromatic nitrogens is 1. The lowest BCUT2D eigenvalue weighted by molar-refractivity contribution is 0.199. The summed E-state index contributed by atoms with van der Waals surface area (Å²) in [4.78, 5) is 4.07. The highest BCUT2D eigenvalue weighted by Gasteiger charge is 2.01. The van der Waals surface area contributed by atoms with Crippen molar-refractivity contribution in [2.75, 3.05) is 0 Å². The van der Waals surface area contributed by atoms with Gasteiger partial charge in [0, 0.05) is 12.4 Å². The molecule has 0 aliphatic rings. The molecule has 0 bridgehead atoms. The Labute approximate surface area is 89.2 Å². The normalized spacial score (nSPS) is 12.4. The van der Waals surface area contributed by atoms with Crippen molar-refractivity contribution in [3.8, 4) is 11.1 Å². The molecule has 1 N–H and O–H groups in total. The minimum Gasteiger partial charge on any atom is -0.389 e. The van der Waals surface area contributed by atoms with Gasteiger partial charge in [0.2, 0.25) is 0 Å². The van der Waals surface area contributed by atoms with Gasteiger partial charge >= 0.3 is 0 Å². The molecule has 76 valence electrons. The molecule has 2 rings (SSSR count). The Kier molecular flexibility index (Phi) is 2.79. The molecule has 15 heavy (non-hydrogen) atoms. The van der Waals surface area contributed by atoms with E-state index in [1.807, 2.05) is 42.6 Å². The maximum atomic E-state index is 9.37. The molecular formula is C13H13NO. The summed E-state index contributed by atoms with van der Waals surface area (Å²) in [5.41, 5.74) is 3.14. The van der Waals surface area contributed by atoms with Crippen molar-refractivity contribution in [1.29, 1.82) is 0 Å². The molecule has 0 radical (unpaired) electrons. The molecule has 1 heterocycles. The first kappa shape index (κ1) is 9.87. The van der Waals surface area contributed by atoms with Crippen molar-refractivity contribution in [3.05, 3.63) is 54.4 Å². The van der Waals surface area contributed by atoms with Crippen LogP contribution in [0.4, 0.5) is 0 Å². The average Bonchev–Trinajstić information content (AvgIpc) is 2.30. The van der Waals surface area contributed by atoms with Gasteiger partial charge in [-0.15, -0.1) is 0 Å². The zero-order valence-electron chi connectivity index (χ0n) is 8.59. The number of aliphatic hydroxyl groups is 1. The van der Waals surface area contributed by atoms with Crippen LogP contribution in [-0.4, -0.2) is 10.1 Å². The number of rotatable bonds is 2. The van der Waals surface area contributed by atoms with Crippen LogP contribution in [0.1, 0.15) is 18.6 Å². The number of hydrogen-bond donors (Lipinski definition) is 1. The summed E-state index contributed by atoms with van der Waals surface area (Å²) in [5, 5.41) is 9.37. The third-order valence-corrected chi connectivity index (χ3v) is 2.39. The van der Waals surface area contributed by atoms with E-state index in [-0.39, 0.29) is 0 Å². The quantitative estimate of drug-likeness (QED) is 0.806. The minimum atomic E-state index is -0.409. The predicted octanol–water partition coefficient (Wildman–Crippen LogP) is 2.80. The summed E-state index contributed by atoms with van der Waals surface area (Å²) in [6, 6.07) is 11.8. The van der Waals surface area contributed by atoms with Gasteiger partial charge in [-0.1, -0.05) is 30.3 Å². The highest BCUT2D eigenvalue weighted by molar-refractivity contribution is 5.62. The second-order valence-corrected chi connectivity index (χ2v) is 3.54. The highest BCUT2D eigenvalue weighted by atomic mass is 16.3. The molecule has 0 saturated heterocycles. The van der Waals surface area contributed by atoms with Crippen LogP contribution in [0, 0.1) is 0 Å². The molecule has 2 heteroatoms. The molecule has 0 amide bonds. The molecule has 0 spiro atoms. The van der Waals surface area contributed by atoms with Crippen molar-refractivity contribution in [2.24, 2.45) is 0 Å². The third kappa shape index (κ3) is 2.22. The maximum absolute atomic E-state index is 9.37. The standard InChI is InChI=1S/C13H13NO/c1-10(15)11-4-6-12(7-5-11)13-3-2-8-14-9-13/h2-10,15H,1H3. The summed E-state index contributed by atoms with van der Waals surface area (Å²) in [6.45, 7) is 1.76. The maximum Gasteiger partial charge on any atom is 0.0761 e. The van der Waals surface area contributed by atoms with Crippen LogP contribution >= 0.6 is 0 Å². The zero-order chi connectivity index (χ0) is 10.7. The first-order chi connectivity index (χ1) is 7.27. The SMILES string of the molecule is CC(O)c1ccc(-c2cccnc2)cc1. The topological polar surface area (TPSA) is 33.1 Å². The molecule has 0 aliphatic heterocycles. The fourth-order valence-corrected chi connectivity index (χ4v) is 1.49. The molecule has 1 aromatic carbocycles. The monoisotopic (exact) mass is 199 g/mol. The highest BCUT2D eigenvalue weighted by Crippen LogP contribution is 2.20. The van der Waals surface area contributed by atoms with Gasteiger partial charge < -0.3 is 5.11 Å². The molecule has 0 saturated carbocycles. The van der Waals surface area contributed by atoms with E-state index in [0.29, 0.717) is 0 Å². The molecule has 0 aliphatic carbocycles. The van der Waals surface area contributed by atoms with E-state index in [1.165, 1.54) is 0 Å². The fourth-order valence-electron chi connectivity index (χ4n) is 1.49. The summed E-state index contributed by atoms with van der Waals surface area (Å²) in [6.07, 6.45) is 3.18. The van der Waals surface area contributed by atoms with Crippen molar-refractivity contribution in [2.45, 2.75) is 13.0 Å². The van der Waals surface area contributed by atoms with E-state index in [2.05, 4.69) is 4.98 Å². The minimum absolute atomic E-state index is 0.409.